The highest BCUT2D eigenvalue weighted by atomic mass is 15.2. The number of aromatic nitrogens is 2. The number of para-hydroxylation sites is 1. The molecule has 0 atom stereocenters. The molecule has 1 aliphatic carbocycles. The molecule has 0 fully saturated rings. The van der Waals surface area contributed by atoms with Crippen LogP contribution in [0.3, 0.4) is 0 Å². The molecular weight excluding hydrogens is 388 g/mol. The second-order valence-electron chi connectivity index (χ2n) is 9.07. The van der Waals surface area contributed by atoms with Crippen molar-refractivity contribution in [2.75, 3.05) is 0 Å². The summed E-state index contributed by atoms with van der Waals surface area (Å²) in [5.41, 5.74) is 14.7. The van der Waals surface area contributed by atoms with E-state index in [0.717, 1.165) is 6.42 Å². The zero-order valence-electron chi connectivity index (χ0n) is 19.1. The summed E-state index contributed by atoms with van der Waals surface area (Å²) in [4.78, 5) is 0. The fourth-order valence-corrected chi connectivity index (χ4v) is 5.57. The summed E-state index contributed by atoms with van der Waals surface area (Å²) in [6.45, 7) is 6.67. The van der Waals surface area contributed by atoms with Gasteiger partial charge in [-0.05, 0) is 72.4 Å². The third-order valence-corrected chi connectivity index (χ3v) is 7.10. The van der Waals surface area contributed by atoms with Crippen molar-refractivity contribution >= 4 is 11.0 Å². The van der Waals surface area contributed by atoms with Gasteiger partial charge in [0.1, 0.15) is 5.69 Å². The van der Waals surface area contributed by atoms with Gasteiger partial charge in [0.05, 0.1) is 12.6 Å². The summed E-state index contributed by atoms with van der Waals surface area (Å²) in [6, 6.07) is 28.8. The van der Waals surface area contributed by atoms with E-state index in [-0.39, 0.29) is 0 Å². The van der Waals surface area contributed by atoms with E-state index < -0.39 is 0 Å². The molecule has 0 aliphatic heterocycles. The van der Waals surface area contributed by atoms with E-state index in [0.29, 0.717) is 0 Å². The molecule has 5 aromatic rings. The van der Waals surface area contributed by atoms with Crippen LogP contribution in [0, 0.1) is 20.8 Å². The fourth-order valence-electron chi connectivity index (χ4n) is 5.57. The lowest BCUT2D eigenvalue weighted by molar-refractivity contribution is -0.557. The predicted octanol–water partition coefficient (Wildman–Crippen LogP) is 6.62. The van der Waals surface area contributed by atoms with E-state index in [2.05, 4.69) is 116 Å². The Morgan fingerprint density at radius 1 is 0.656 bits per heavy atom. The molecule has 1 aromatic heterocycles. The molecule has 1 aliphatic rings. The van der Waals surface area contributed by atoms with Crippen molar-refractivity contribution in [3.8, 4) is 28.2 Å². The van der Waals surface area contributed by atoms with Gasteiger partial charge in [0, 0.05) is 12.0 Å². The average molecular weight is 416 g/mol. The minimum atomic E-state index is 0.977. The molecule has 0 radical (unpaired) electrons. The van der Waals surface area contributed by atoms with Crippen LogP contribution in [0.4, 0.5) is 0 Å². The van der Waals surface area contributed by atoms with Crippen LogP contribution >= 0.6 is 0 Å². The molecule has 0 unspecified atom stereocenters. The molecule has 0 N–H and O–H groups in total. The van der Waals surface area contributed by atoms with Crippen LogP contribution in [0.25, 0.3) is 39.2 Å². The van der Waals surface area contributed by atoms with Crippen LogP contribution in [-0.2, 0) is 13.5 Å². The third kappa shape index (κ3) is 2.56. The summed E-state index contributed by atoms with van der Waals surface area (Å²) in [6.07, 6.45) is 0.977. The minimum Gasteiger partial charge on any atom is -0.225 e. The molecule has 6 rings (SSSR count). The first kappa shape index (κ1) is 19.1. The van der Waals surface area contributed by atoms with Crippen molar-refractivity contribution in [2.24, 2.45) is 7.05 Å². The van der Waals surface area contributed by atoms with Gasteiger partial charge >= 0.3 is 0 Å². The molecule has 0 saturated heterocycles. The zero-order chi connectivity index (χ0) is 22.0. The maximum Gasteiger partial charge on any atom is 0.295 e. The van der Waals surface area contributed by atoms with Crippen molar-refractivity contribution in [3.05, 3.63) is 107 Å². The Morgan fingerprint density at radius 2 is 1.31 bits per heavy atom. The van der Waals surface area contributed by atoms with Gasteiger partial charge in [-0.15, -0.1) is 0 Å². The van der Waals surface area contributed by atoms with Crippen molar-refractivity contribution in [2.45, 2.75) is 27.2 Å². The number of rotatable bonds is 2. The Bertz CT molecular complexity index is 1510. The van der Waals surface area contributed by atoms with Gasteiger partial charge in [0.25, 0.3) is 5.82 Å². The number of benzene rings is 4. The largest absolute Gasteiger partial charge is 0.295 e. The van der Waals surface area contributed by atoms with E-state index in [1.54, 1.807) is 0 Å². The topological polar surface area (TPSA) is 8.81 Å². The summed E-state index contributed by atoms with van der Waals surface area (Å²) in [5, 5.41) is 0. The number of nitrogens with zero attached hydrogens (tertiary/aromatic N) is 2. The van der Waals surface area contributed by atoms with Gasteiger partial charge in [0.2, 0.25) is 0 Å². The Morgan fingerprint density at radius 3 is 2.06 bits per heavy atom. The van der Waals surface area contributed by atoms with Gasteiger partial charge < -0.3 is 0 Å². The minimum absolute atomic E-state index is 0.977. The van der Waals surface area contributed by atoms with Gasteiger partial charge in [-0.1, -0.05) is 60.7 Å². The summed E-state index contributed by atoms with van der Waals surface area (Å²) < 4.78 is 4.92. The summed E-state index contributed by atoms with van der Waals surface area (Å²) >= 11 is 0. The summed E-state index contributed by atoms with van der Waals surface area (Å²) in [5.74, 6) is 1.24. The van der Waals surface area contributed by atoms with Gasteiger partial charge in [-0.2, -0.15) is 4.57 Å². The first-order valence-electron chi connectivity index (χ1n) is 11.3. The SMILES string of the molecule is Cc1ccccc1-c1n(C)c2ccc3c(c2[n+]1-c1c(C)cccc1C)Cc1ccccc1-3. The number of imidazole rings is 1. The average Bonchev–Trinajstić information content (AvgIpc) is 3.30. The smallest absolute Gasteiger partial charge is 0.225 e. The van der Waals surface area contributed by atoms with Crippen molar-refractivity contribution < 1.29 is 4.57 Å². The van der Waals surface area contributed by atoms with E-state index in [9.17, 15) is 0 Å². The molecule has 0 saturated carbocycles. The molecule has 4 aromatic carbocycles. The van der Waals surface area contributed by atoms with Crippen LogP contribution in [0.1, 0.15) is 27.8 Å². The van der Waals surface area contributed by atoms with E-state index in [1.165, 1.54) is 67.1 Å². The molecule has 0 spiro atoms. The maximum atomic E-state index is 2.53. The molecule has 156 valence electrons. The maximum absolute atomic E-state index is 2.53. The lowest BCUT2D eigenvalue weighted by atomic mass is 10.0. The lowest BCUT2D eigenvalue weighted by Crippen LogP contribution is -2.35. The molecule has 32 heavy (non-hydrogen) atoms. The van der Waals surface area contributed by atoms with Gasteiger partial charge in [-0.3, -0.25) is 0 Å². The Kier molecular flexibility index (Phi) is 4.13. The number of aryl methyl sites for hydroxylation is 4. The monoisotopic (exact) mass is 415 g/mol. The lowest BCUT2D eigenvalue weighted by Gasteiger charge is -2.11. The third-order valence-electron chi connectivity index (χ3n) is 7.10. The molecule has 2 nitrogen and oxygen atoms in total. The molecule has 1 heterocycles. The van der Waals surface area contributed by atoms with E-state index in [4.69, 9.17) is 0 Å². The molecule has 0 bridgehead atoms. The highest BCUT2D eigenvalue weighted by Crippen LogP contribution is 2.41. The fraction of sp³-hybridized carbons (Fsp3) is 0.167. The van der Waals surface area contributed by atoms with Crippen LogP contribution < -0.4 is 4.57 Å². The highest BCUT2D eigenvalue weighted by molar-refractivity contribution is 5.91. The van der Waals surface area contributed by atoms with Gasteiger partial charge in [0.15, 0.2) is 11.0 Å². The first-order chi connectivity index (χ1) is 15.6. The molecule has 2 heteroatoms. The number of hydrogen-bond acceptors (Lipinski definition) is 0. The Labute approximate surface area is 189 Å². The normalized spacial score (nSPS) is 12.2. The Balaban J connectivity index is 1.81. The second-order valence-corrected chi connectivity index (χ2v) is 9.07. The highest BCUT2D eigenvalue weighted by Gasteiger charge is 2.33. The van der Waals surface area contributed by atoms with Crippen molar-refractivity contribution in [3.63, 3.8) is 0 Å². The van der Waals surface area contributed by atoms with Crippen molar-refractivity contribution in [1.29, 1.82) is 0 Å². The standard InChI is InChI=1S/C30H27N2/c1-19-10-5-7-14-23(19)30-31(4)27-17-16-25-24-15-8-6-13-22(24)18-26(25)29(27)32(30)28-20(2)11-9-12-21(28)3/h5-17H,18H2,1-4H3/q+1. The number of fused-ring (bicyclic) bond motifs is 5. The van der Waals surface area contributed by atoms with Gasteiger partial charge in [-0.25, -0.2) is 4.57 Å². The zero-order valence-corrected chi connectivity index (χ0v) is 19.1. The second kappa shape index (κ2) is 6.93. The van der Waals surface area contributed by atoms with Crippen LogP contribution in [-0.4, -0.2) is 4.57 Å². The molecule has 0 amide bonds. The van der Waals surface area contributed by atoms with Crippen molar-refractivity contribution in [1.82, 2.24) is 4.57 Å². The quantitative estimate of drug-likeness (QED) is 0.281. The van der Waals surface area contributed by atoms with E-state index in [1.807, 2.05) is 0 Å². The number of hydrogen-bond donors (Lipinski definition) is 0. The van der Waals surface area contributed by atoms with E-state index >= 15 is 0 Å². The van der Waals surface area contributed by atoms with Crippen LogP contribution in [0.15, 0.2) is 78.9 Å². The summed E-state index contributed by atoms with van der Waals surface area (Å²) in [7, 11) is 2.21. The Hall–Kier alpha value is -3.65. The first-order valence-corrected chi connectivity index (χ1v) is 11.3. The van der Waals surface area contributed by atoms with Crippen LogP contribution in [0.5, 0.6) is 0 Å². The predicted molar refractivity (Wildman–Crippen MR) is 132 cm³/mol. The molecular formula is C30H27N2+. The van der Waals surface area contributed by atoms with Crippen LogP contribution in [0.2, 0.25) is 0 Å².